The van der Waals surface area contributed by atoms with Gasteiger partial charge in [-0.05, 0) is 49.0 Å². The molecule has 0 unspecified atom stereocenters. The number of ether oxygens (including phenoxy) is 1. The van der Waals surface area contributed by atoms with Gasteiger partial charge in [0, 0.05) is 5.69 Å². The molecule has 0 aliphatic rings. The number of anilines is 1. The van der Waals surface area contributed by atoms with Crippen molar-refractivity contribution in [1.82, 2.24) is 10.9 Å². The minimum absolute atomic E-state index is 0.184. The van der Waals surface area contributed by atoms with Crippen molar-refractivity contribution >= 4 is 28.9 Å². The Bertz CT molecular complexity index is 662. The van der Waals surface area contributed by atoms with Crippen molar-refractivity contribution in [2.45, 2.75) is 13.3 Å². The van der Waals surface area contributed by atoms with Crippen LogP contribution in [0, 0.1) is 0 Å². The summed E-state index contributed by atoms with van der Waals surface area (Å²) >= 11 is 5.12. The maximum absolute atomic E-state index is 11.9. The molecule has 0 fully saturated rings. The topological polar surface area (TPSA) is 62.4 Å². The quantitative estimate of drug-likeness (QED) is 0.581. The molecule has 23 heavy (non-hydrogen) atoms. The third-order valence-corrected chi connectivity index (χ3v) is 3.13. The Labute approximate surface area is 141 Å². The molecule has 0 spiro atoms. The first-order valence-electron chi connectivity index (χ1n) is 7.30. The highest BCUT2D eigenvalue weighted by Gasteiger charge is 2.05. The Kier molecular flexibility index (Phi) is 6.38. The van der Waals surface area contributed by atoms with Gasteiger partial charge in [0.25, 0.3) is 0 Å². The lowest BCUT2D eigenvalue weighted by atomic mass is 10.1. The average Bonchev–Trinajstić information content (AvgIpc) is 2.55. The molecule has 2 rings (SSSR count). The van der Waals surface area contributed by atoms with Crippen LogP contribution in [0.2, 0.25) is 0 Å². The van der Waals surface area contributed by atoms with Gasteiger partial charge in [0.1, 0.15) is 5.75 Å². The summed E-state index contributed by atoms with van der Waals surface area (Å²) in [6.45, 7) is 2.51. The number of thiocarbonyl (C=S) groups is 1. The summed E-state index contributed by atoms with van der Waals surface area (Å²) in [5.74, 6) is 0.572. The van der Waals surface area contributed by atoms with E-state index < -0.39 is 0 Å². The second-order valence-corrected chi connectivity index (χ2v) is 5.16. The third-order valence-electron chi connectivity index (χ3n) is 2.92. The molecular weight excluding hydrogens is 310 g/mol. The molecule has 120 valence electrons. The third kappa shape index (κ3) is 5.96. The van der Waals surface area contributed by atoms with Crippen LogP contribution in [0.3, 0.4) is 0 Å². The fraction of sp³-hybridized carbons (Fsp3) is 0.176. The summed E-state index contributed by atoms with van der Waals surface area (Å²) in [6.07, 6.45) is 0.238. The van der Waals surface area contributed by atoms with Crippen LogP contribution in [-0.4, -0.2) is 17.6 Å². The van der Waals surface area contributed by atoms with Crippen molar-refractivity contribution in [2.75, 3.05) is 11.9 Å². The first-order chi connectivity index (χ1) is 11.2. The molecule has 0 bridgehead atoms. The minimum atomic E-state index is -0.184. The predicted octanol–water partition coefficient (Wildman–Crippen LogP) is 2.65. The molecule has 3 N–H and O–H groups in total. The molecule has 0 radical (unpaired) electrons. The van der Waals surface area contributed by atoms with E-state index >= 15 is 0 Å². The van der Waals surface area contributed by atoms with E-state index in [1.165, 1.54) is 0 Å². The van der Waals surface area contributed by atoms with Gasteiger partial charge < -0.3 is 10.1 Å². The van der Waals surface area contributed by atoms with Crippen LogP contribution in [0.5, 0.6) is 5.75 Å². The number of hydrogen-bond donors (Lipinski definition) is 3. The second-order valence-electron chi connectivity index (χ2n) is 4.75. The number of hydrogen-bond acceptors (Lipinski definition) is 3. The molecular formula is C17H19N3O2S. The van der Waals surface area contributed by atoms with E-state index in [2.05, 4.69) is 16.2 Å². The zero-order chi connectivity index (χ0) is 16.5. The maximum Gasteiger partial charge on any atom is 0.242 e. The minimum Gasteiger partial charge on any atom is -0.494 e. The largest absolute Gasteiger partial charge is 0.494 e. The summed E-state index contributed by atoms with van der Waals surface area (Å²) in [6, 6.07) is 16.9. The summed E-state index contributed by atoms with van der Waals surface area (Å²) in [5, 5.41) is 3.30. The lowest BCUT2D eigenvalue weighted by Gasteiger charge is -2.12. The van der Waals surface area contributed by atoms with Gasteiger partial charge in [0.2, 0.25) is 5.91 Å². The van der Waals surface area contributed by atoms with E-state index in [4.69, 9.17) is 17.0 Å². The van der Waals surface area contributed by atoms with E-state index in [0.717, 1.165) is 17.0 Å². The van der Waals surface area contributed by atoms with Gasteiger partial charge in [-0.1, -0.05) is 30.3 Å². The van der Waals surface area contributed by atoms with Crippen molar-refractivity contribution in [3.8, 4) is 5.75 Å². The number of rotatable bonds is 5. The zero-order valence-electron chi connectivity index (χ0n) is 12.8. The van der Waals surface area contributed by atoms with Gasteiger partial charge in [-0.2, -0.15) is 0 Å². The second kappa shape index (κ2) is 8.75. The highest BCUT2D eigenvalue weighted by Crippen LogP contribution is 2.13. The molecule has 0 atom stereocenters. The van der Waals surface area contributed by atoms with Gasteiger partial charge in [0.15, 0.2) is 5.11 Å². The molecule has 0 aliphatic heterocycles. The van der Waals surface area contributed by atoms with E-state index in [9.17, 15) is 4.79 Å². The molecule has 0 aliphatic carbocycles. The molecule has 2 aromatic carbocycles. The van der Waals surface area contributed by atoms with Crippen LogP contribution in [0.15, 0.2) is 54.6 Å². The van der Waals surface area contributed by atoms with Crippen molar-refractivity contribution < 1.29 is 9.53 Å². The lowest BCUT2D eigenvalue weighted by molar-refractivity contribution is -0.120. The highest BCUT2D eigenvalue weighted by atomic mass is 32.1. The van der Waals surface area contributed by atoms with Gasteiger partial charge in [-0.15, -0.1) is 0 Å². The van der Waals surface area contributed by atoms with Crippen molar-refractivity contribution in [3.63, 3.8) is 0 Å². The Morgan fingerprint density at radius 1 is 1.09 bits per heavy atom. The van der Waals surface area contributed by atoms with Crippen LogP contribution < -0.4 is 20.9 Å². The number of para-hydroxylation sites is 1. The van der Waals surface area contributed by atoms with Crippen molar-refractivity contribution in [3.05, 3.63) is 60.2 Å². The van der Waals surface area contributed by atoms with Gasteiger partial charge >= 0.3 is 0 Å². The molecule has 5 nitrogen and oxygen atoms in total. The lowest BCUT2D eigenvalue weighted by Crippen LogP contribution is -2.44. The van der Waals surface area contributed by atoms with E-state index in [-0.39, 0.29) is 12.3 Å². The normalized spacial score (nSPS) is 9.78. The molecule has 0 saturated heterocycles. The molecule has 6 heteroatoms. The zero-order valence-corrected chi connectivity index (χ0v) is 13.7. The summed E-state index contributed by atoms with van der Waals surface area (Å²) in [7, 11) is 0. The molecule has 0 aromatic heterocycles. The Hall–Kier alpha value is -2.60. The van der Waals surface area contributed by atoms with Gasteiger partial charge in [-0.3, -0.25) is 15.6 Å². The number of nitrogens with one attached hydrogen (secondary N) is 3. The Morgan fingerprint density at radius 3 is 2.61 bits per heavy atom. The maximum atomic E-state index is 11.9. The van der Waals surface area contributed by atoms with E-state index in [1.54, 1.807) is 0 Å². The number of carbonyl (C=O) groups excluding carboxylic acids is 1. The van der Waals surface area contributed by atoms with Gasteiger partial charge in [-0.25, -0.2) is 0 Å². The van der Waals surface area contributed by atoms with Crippen molar-refractivity contribution in [2.24, 2.45) is 0 Å². The van der Waals surface area contributed by atoms with Crippen LogP contribution in [0.25, 0.3) is 0 Å². The number of benzene rings is 2. The molecule has 0 saturated carbocycles. The fourth-order valence-corrected chi connectivity index (χ4v) is 2.12. The standard InChI is InChI=1S/C17H19N3O2S/c1-2-22-15-10-6-7-13(11-15)12-16(21)19-20-17(23)18-14-8-4-3-5-9-14/h3-11H,2,12H2,1H3,(H,19,21)(H2,18,20,23). The highest BCUT2D eigenvalue weighted by molar-refractivity contribution is 7.80. The first-order valence-corrected chi connectivity index (χ1v) is 7.71. The molecule has 1 amide bonds. The van der Waals surface area contributed by atoms with Crippen LogP contribution >= 0.6 is 12.2 Å². The fourth-order valence-electron chi connectivity index (χ4n) is 1.95. The Balaban J connectivity index is 1.78. The summed E-state index contributed by atoms with van der Waals surface area (Å²) < 4.78 is 5.41. The monoisotopic (exact) mass is 329 g/mol. The van der Waals surface area contributed by atoms with Crippen molar-refractivity contribution in [1.29, 1.82) is 0 Å². The predicted molar refractivity (Wildman–Crippen MR) is 95.3 cm³/mol. The van der Waals surface area contributed by atoms with Crippen LogP contribution in [0.4, 0.5) is 5.69 Å². The number of hydrazine groups is 1. The molecule has 0 heterocycles. The number of amides is 1. The van der Waals surface area contributed by atoms with Crippen LogP contribution in [-0.2, 0) is 11.2 Å². The average molecular weight is 329 g/mol. The SMILES string of the molecule is CCOc1cccc(CC(=O)NNC(=S)Nc2ccccc2)c1. The smallest absolute Gasteiger partial charge is 0.242 e. The molecule has 2 aromatic rings. The van der Waals surface area contributed by atoms with Gasteiger partial charge in [0.05, 0.1) is 13.0 Å². The first kappa shape index (κ1) is 16.8. The summed E-state index contributed by atoms with van der Waals surface area (Å²) in [5.41, 5.74) is 6.97. The number of carbonyl (C=O) groups is 1. The van der Waals surface area contributed by atoms with E-state index in [1.807, 2.05) is 61.5 Å². The summed E-state index contributed by atoms with van der Waals surface area (Å²) in [4.78, 5) is 11.9. The van der Waals surface area contributed by atoms with Crippen LogP contribution in [0.1, 0.15) is 12.5 Å². The Morgan fingerprint density at radius 2 is 1.87 bits per heavy atom. The van der Waals surface area contributed by atoms with E-state index in [0.29, 0.717) is 11.7 Å².